The number of hydrogen-bond donors (Lipinski definition) is 1. The van der Waals surface area contributed by atoms with Gasteiger partial charge in [-0.2, -0.15) is 0 Å². The fourth-order valence-electron chi connectivity index (χ4n) is 2.89. The van der Waals surface area contributed by atoms with Gasteiger partial charge in [0.15, 0.2) is 6.10 Å². The van der Waals surface area contributed by atoms with E-state index in [2.05, 4.69) is 5.32 Å². The van der Waals surface area contributed by atoms with Crippen LogP contribution in [0, 0.1) is 6.92 Å². The quantitative estimate of drug-likeness (QED) is 0.429. The number of benzene rings is 2. The van der Waals surface area contributed by atoms with E-state index in [1.54, 1.807) is 55.1 Å². The van der Waals surface area contributed by atoms with Gasteiger partial charge in [0.25, 0.3) is 11.5 Å². The van der Waals surface area contributed by atoms with Gasteiger partial charge in [0.1, 0.15) is 5.69 Å². The van der Waals surface area contributed by atoms with Crippen LogP contribution in [0.15, 0.2) is 64.3 Å². The van der Waals surface area contributed by atoms with Crippen LogP contribution in [0.1, 0.15) is 12.6 Å². The maximum Gasteiger partial charge on any atom is 0.317 e. The maximum absolute atomic E-state index is 12.9. The Bertz CT molecular complexity index is 1140. The molecule has 0 aliphatic carbocycles. The van der Waals surface area contributed by atoms with Crippen LogP contribution in [0.2, 0.25) is 5.02 Å². The molecule has 31 heavy (non-hydrogen) atoms. The van der Waals surface area contributed by atoms with Gasteiger partial charge in [0.2, 0.25) is 0 Å². The molecule has 2 aromatic carbocycles. The monoisotopic (exact) mass is 459 g/mol. The molecular formula is C22H22ClN3O4S. The standard InChI is InChI=1S/C22H22ClN3O4S/c1-14-20(22(29)26(25(14)3)17-7-5-4-6-8-17)24-21(28)15(2)30-19(27)13-31-18-11-9-16(23)10-12-18/h4-12,15H,13H2,1-3H3,(H,24,28). The number of nitrogens with one attached hydrogen (secondary N) is 1. The van der Waals surface area contributed by atoms with Gasteiger partial charge in [-0.15, -0.1) is 11.8 Å². The Morgan fingerprint density at radius 1 is 1.13 bits per heavy atom. The van der Waals surface area contributed by atoms with Crippen molar-refractivity contribution in [3.63, 3.8) is 0 Å². The Balaban J connectivity index is 1.64. The molecule has 162 valence electrons. The summed E-state index contributed by atoms with van der Waals surface area (Å²) >= 11 is 7.12. The molecule has 1 N–H and O–H groups in total. The van der Waals surface area contributed by atoms with E-state index in [1.165, 1.54) is 23.4 Å². The molecule has 1 unspecified atom stereocenters. The van der Waals surface area contributed by atoms with E-state index in [0.717, 1.165) is 4.90 Å². The second kappa shape index (κ2) is 9.89. The van der Waals surface area contributed by atoms with Crippen LogP contribution in [-0.4, -0.2) is 33.1 Å². The molecule has 3 rings (SSSR count). The molecule has 0 aliphatic heterocycles. The van der Waals surface area contributed by atoms with E-state index in [4.69, 9.17) is 16.3 Å². The molecule has 0 fully saturated rings. The molecule has 1 aromatic heterocycles. The van der Waals surface area contributed by atoms with Crippen molar-refractivity contribution in [2.75, 3.05) is 11.1 Å². The van der Waals surface area contributed by atoms with Gasteiger partial charge in [0.05, 0.1) is 17.1 Å². The van der Waals surface area contributed by atoms with Gasteiger partial charge in [-0.1, -0.05) is 29.8 Å². The lowest BCUT2D eigenvalue weighted by molar-refractivity contribution is -0.150. The molecule has 0 saturated heterocycles. The van der Waals surface area contributed by atoms with Crippen LogP contribution >= 0.6 is 23.4 Å². The van der Waals surface area contributed by atoms with Crippen LogP contribution in [-0.2, 0) is 21.4 Å². The molecule has 3 aromatic rings. The van der Waals surface area contributed by atoms with Crippen LogP contribution in [0.4, 0.5) is 5.69 Å². The highest BCUT2D eigenvalue weighted by atomic mass is 35.5. The van der Waals surface area contributed by atoms with Crippen LogP contribution < -0.4 is 10.9 Å². The maximum atomic E-state index is 12.9. The number of amides is 1. The molecule has 7 nitrogen and oxygen atoms in total. The number of ether oxygens (including phenoxy) is 1. The third-order valence-electron chi connectivity index (χ3n) is 4.65. The third kappa shape index (κ3) is 5.39. The average Bonchev–Trinajstić information content (AvgIpc) is 2.97. The van der Waals surface area contributed by atoms with Crippen molar-refractivity contribution in [3.05, 3.63) is 75.7 Å². The normalized spacial score (nSPS) is 11.7. The summed E-state index contributed by atoms with van der Waals surface area (Å²) < 4.78 is 8.34. The lowest BCUT2D eigenvalue weighted by Crippen LogP contribution is -2.32. The topological polar surface area (TPSA) is 82.3 Å². The minimum Gasteiger partial charge on any atom is -0.452 e. The number of carbonyl (C=O) groups is 2. The number of halogens is 1. The first-order valence-corrected chi connectivity index (χ1v) is 10.9. The summed E-state index contributed by atoms with van der Waals surface area (Å²) in [4.78, 5) is 38.4. The van der Waals surface area contributed by atoms with E-state index in [0.29, 0.717) is 16.4 Å². The molecule has 1 heterocycles. The number of nitrogens with zero attached hydrogens (tertiary/aromatic N) is 2. The van der Waals surface area contributed by atoms with E-state index in [9.17, 15) is 14.4 Å². The summed E-state index contributed by atoms with van der Waals surface area (Å²) in [5.74, 6) is -1.06. The second-order valence-corrected chi connectivity index (χ2v) is 8.29. The summed E-state index contributed by atoms with van der Waals surface area (Å²) in [5, 5.41) is 3.21. The second-order valence-electron chi connectivity index (χ2n) is 6.80. The van der Waals surface area contributed by atoms with E-state index in [1.807, 2.05) is 18.2 Å². The van der Waals surface area contributed by atoms with Crippen molar-refractivity contribution in [3.8, 4) is 5.69 Å². The van der Waals surface area contributed by atoms with Crippen LogP contribution in [0.5, 0.6) is 0 Å². The molecule has 0 aliphatic rings. The first kappa shape index (κ1) is 22.7. The van der Waals surface area contributed by atoms with E-state index in [-0.39, 0.29) is 17.0 Å². The minimum atomic E-state index is -1.05. The largest absolute Gasteiger partial charge is 0.452 e. The Morgan fingerprint density at radius 3 is 2.42 bits per heavy atom. The molecule has 0 radical (unpaired) electrons. The summed E-state index contributed by atoms with van der Waals surface area (Å²) in [5.41, 5.74) is 1.04. The van der Waals surface area contributed by atoms with Crippen LogP contribution in [0.3, 0.4) is 0 Å². The highest BCUT2D eigenvalue weighted by molar-refractivity contribution is 8.00. The predicted molar refractivity (Wildman–Crippen MR) is 122 cm³/mol. The van der Waals surface area contributed by atoms with Gasteiger partial charge < -0.3 is 10.1 Å². The Morgan fingerprint density at radius 2 is 1.77 bits per heavy atom. The predicted octanol–water partition coefficient (Wildman–Crippen LogP) is 3.80. The number of hydrogen-bond acceptors (Lipinski definition) is 5. The molecule has 1 atom stereocenters. The smallest absolute Gasteiger partial charge is 0.317 e. The van der Waals surface area contributed by atoms with Gasteiger partial charge in [0, 0.05) is 17.0 Å². The Labute approximate surface area is 188 Å². The zero-order valence-corrected chi connectivity index (χ0v) is 18.9. The highest BCUT2D eigenvalue weighted by Crippen LogP contribution is 2.20. The third-order valence-corrected chi connectivity index (χ3v) is 5.89. The van der Waals surface area contributed by atoms with Crippen LogP contribution in [0.25, 0.3) is 5.69 Å². The summed E-state index contributed by atoms with van der Waals surface area (Å²) in [6, 6.07) is 16.2. The van der Waals surface area contributed by atoms with Crippen molar-refractivity contribution in [1.29, 1.82) is 0 Å². The number of aromatic nitrogens is 2. The summed E-state index contributed by atoms with van der Waals surface area (Å²) in [6.07, 6.45) is -1.05. The van der Waals surface area contributed by atoms with Crippen molar-refractivity contribution >= 4 is 40.9 Å². The molecule has 0 spiro atoms. The fourth-order valence-corrected chi connectivity index (χ4v) is 3.70. The number of anilines is 1. The Hall–Kier alpha value is -2.97. The van der Waals surface area contributed by atoms with Crippen molar-refractivity contribution in [2.24, 2.45) is 7.05 Å². The minimum absolute atomic E-state index is 0.0461. The number of carbonyl (C=O) groups excluding carboxylic acids is 2. The van der Waals surface area contributed by atoms with Gasteiger partial charge >= 0.3 is 5.97 Å². The summed E-state index contributed by atoms with van der Waals surface area (Å²) in [7, 11) is 1.73. The lowest BCUT2D eigenvalue weighted by atomic mass is 10.3. The molecule has 0 bridgehead atoms. The first-order valence-electron chi connectivity index (χ1n) is 9.50. The Kier molecular flexibility index (Phi) is 7.25. The van der Waals surface area contributed by atoms with Crippen molar-refractivity contribution in [1.82, 2.24) is 9.36 Å². The van der Waals surface area contributed by atoms with Crippen molar-refractivity contribution < 1.29 is 14.3 Å². The zero-order valence-electron chi connectivity index (χ0n) is 17.3. The molecule has 0 saturated carbocycles. The first-order chi connectivity index (χ1) is 14.8. The molecule has 9 heteroatoms. The average molecular weight is 460 g/mol. The molecule has 1 amide bonds. The zero-order chi connectivity index (χ0) is 22.5. The van der Waals surface area contributed by atoms with Gasteiger partial charge in [-0.05, 0) is 50.2 Å². The van der Waals surface area contributed by atoms with Gasteiger partial charge in [-0.25, -0.2) is 4.68 Å². The summed E-state index contributed by atoms with van der Waals surface area (Å²) in [6.45, 7) is 3.20. The highest BCUT2D eigenvalue weighted by Gasteiger charge is 2.23. The van der Waals surface area contributed by atoms with E-state index < -0.39 is 18.0 Å². The number of thioether (sulfide) groups is 1. The lowest BCUT2D eigenvalue weighted by Gasteiger charge is -2.13. The number of esters is 1. The number of rotatable bonds is 7. The fraction of sp³-hybridized carbons (Fsp3) is 0.227. The van der Waals surface area contributed by atoms with E-state index >= 15 is 0 Å². The molecular weight excluding hydrogens is 438 g/mol. The SMILES string of the molecule is Cc1c(NC(=O)C(C)OC(=O)CSc2ccc(Cl)cc2)c(=O)n(-c2ccccc2)n1C. The number of para-hydroxylation sites is 1. The van der Waals surface area contributed by atoms with Crippen molar-refractivity contribution in [2.45, 2.75) is 24.8 Å². The van der Waals surface area contributed by atoms with Gasteiger partial charge in [-0.3, -0.25) is 19.1 Å².